The van der Waals surface area contributed by atoms with Crippen LogP contribution < -0.4 is 9.62 Å². The summed E-state index contributed by atoms with van der Waals surface area (Å²) < 4.78 is 26.6. The quantitative estimate of drug-likeness (QED) is 0.666. The van der Waals surface area contributed by atoms with Crippen LogP contribution >= 0.6 is 0 Å². The molecule has 0 aliphatic carbocycles. The van der Waals surface area contributed by atoms with Crippen molar-refractivity contribution in [2.45, 2.75) is 11.8 Å². The van der Waals surface area contributed by atoms with Crippen molar-refractivity contribution >= 4 is 33.0 Å². The maximum absolute atomic E-state index is 13.0. The van der Waals surface area contributed by atoms with Gasteiger partial charge >= 0.3 is 0 Å². The number of carbonyl (C=O) groups excluding carboxylic acids is 1. The van der Waals surface area contributed by atoms with Crippen molar-refractivity contribution in [3.05, 3.63) is 70.4 Å². The van der Waals surface area contributed by atoms with Crippen molar-refractivity contribution in [1.82, 2.24) is 0 Å². The molecule has 1 aliphatic heterocycles. The molecule has 0 bridgehead atoms. The Hall–Kier alpha value is -3.20. The van der Waals surface area contributed by atoms with Crippen LogP contribution in [0.3, 0.4) is 0 Å². The number of nitrogens with zero attached hydrogens (tertiary/aromatic N) is 2. The fraction of sp³-hybridized carbons (Fsp3) is 0.0625. The van der Waals surface area contributed by atoms with Gasteiger partial charge in [0.15, 0.2) is 0 Å². The van der Waals surface area contributed by atoms with Crippen LogP contribution in [0.4, 0.5) is 17.1 Å². The number of nitrogens with one attached hydrogen (secondary N) is 1. The van der Waals surface area contributed by atoms with Gasteiger partial charge in [-0.05, 0) is 31.2 Å². The van der Waals surface area contributed by atoms with Crippen LogP contribution in [0.2, 0.25) is 0 Å². The Morgan fingerprint density at radius 2 is 1.72 bits per heavy atom. The molecule has 8 nitrogen and oxygen atoms in total. The molecular formula is C16H13N3O5S. The summed E-state index contributed by atoms with van der Waals surface area (Å²) in [6.45, 7) is 1.65. The minimum Gasteiger partial charge on any atom is -0.357 e. The Balaban J connectivity index is 2.15. The summed E-state index contributed by atoms with van der Waals surface area (Å²) >= 11 is 0. The van der Waals surface area contributed by atoms with Crippen LogP contribution in [0.1, 0.15) is 6.92 Å². The summed E-state index contributed by atoms with van der Waals surface area (Å²) in [6.07, 6.45) is 1.18. The molecule has 0 saturated heterocycles. The molecule has 1 aliphatic rings. The van der Waals surface area contributed by atoms with Gasteiger partial charge in [0, 0.05) is 23.9 Å². The first-order valence-electron chi connectivity index (χ1n) is 7.19. The maximum atomic E-state index is 13.0. The van der Waals surface area contributed by atoms with Gasteiger partial charge in [-0.2, -0.15) is 4.31 Å². The molecule has 0 saturated carbocycles. The highest BCUT2D eigenvalue weighted by Crippen LogP contribution is 2.34. The zero-order valence-corrected chi connectivity index (χ0v) is 13.9. The molecule has 3 rings (SSSR count). The second-order valence-electron chi connectivity index (χ2n) is 5.33. The molecular weight excluding hydrogens is 346 g/mol. The third-order valence-electron chi connectivity index (χ3n) is 3.58. The lowest BCUT2D eigenvalue weighted by Crippen LogP contribution is -2.35. The summed E-state index contributed by atoms with van der Waals surface area (Å²) in [5.74, 6) is -0.728. The molecule has 0 aromatic heterocycles. The monoisotopic (exact) mass is 359 g/mol. The van der Waals surface area contributed by atoms with Crippen molar-refractivity contribution < 1.29 is 18.1 Å². The average molecular weight is 359 g/mol. The van der Waals surface area contributed by atoms with E-state index >= 15 is 0 Å². The standard InChI is InChI=1S/C16H13N3O5S/c1-11-10-16(20)18(15-5-3-2-4-14(15)17-11)25(23,24)13-8-6-12(7-9-13)19(21)22/h2-10,17H,1H3. The minimum absolute atomic E-state index is 0.180. The van der Waals surface area contributed by atoms with Gasteiger partial charge in [0.1, 0.15) is 0 Å². The number of benzene rings is 2. The number of para-hydroxylation sites is 2. The van der Waals surface area contributed by atoms with E-state index < -0.39 is 20.9 Å². The molecule has 2 aromatic carbocycles. The number of nitro groups is 1. The van der Waals surface area contributed by atoms with E-state index in [0.29, 0.717) is 15.7 Å². The lowest BCUT2D eigenvalue weighted by Gasteiger charge is -2.22. The topological polar surface area (TPSA) is 110 Å². The Labute approximate surface area is 143 Å². The SMILES string of the molecule is CC1=CC(=O)N(S(=O)(=O)c2ccc([N+](=O)[O-])cc2)c2ccccc2N1. The number of fused-ring (bicyclic) bond motifs is 1. The first-order chi connectivity index (χ1) is 11.8. The van der Waals surface area contributed by atoms with Gasteiger partial charge in [-0.3, -0.25) is 14.9 Å². The number of rotatable bonds is 3. The lowest BCUT2D eigenvalue weighted by atomic mass is 10.2. The van der Waals surface area contributed by atoms with Crippen LogP contribution in [0.5, 0.6) is 0 Å². The first-order valence-corrected chi connectivity index (χ1v) is 8.63. The summed E-state index contributed by atoms with van der Waals surface area (Å²) in [4.78, 5) is 22.4. The number of anilines is 2. The fourth-order valence-corrected chi connectivity index (χ4v) is 3.86. The lowest BCUT2D eigenvalue weighted by molar-refractivity contribution is -0.384. The van der Waals surface area contributed by atoms with Gasteiger partial charge in [0.2, 0.25) is 0 Å². The third kappa shape index (κ3) is 2.96. The number of hydrogen-bond acceptors (Lipinski definition) is 6. The van der Waals surface area contributed by atoms with Gasteiger partial charge in [-0.15, -0.1) is 0 Å². The summed E-state index contributed by atoms with van der Waals surface area (Å²) in [5, 5.41) is 13.7. The fourth-order valence-electron chi connectivity index (χ4n) is 2.46. The molecule has 0 atom stereocenters. The average Bonchev–Trinajstić information content (AvgIpc) is 2.69. The highest BCUT2D eigenvalue weighted by Gasteiger charge is 2.33. The molecule has 2 aromatic rings. The number of nitro benzene ring substituents is 1. The smallest absolute Gasteiger partial charge is 0.271 e. The minimum atomic E-state index is -4.24. The number of non-ortho nitro benzene ring substituents is 1. The van der Waals surface area contributed by atoms with Crippen molar-refractivity contribution in [2.75, 3.05) is 9.62 Å². The van der Waals surface area contributed by atoms with Gasteiger partial charge in [0.05, 0.1) is 21.2 Å². The summed E-state index contributed by atoms with van der Waals surface area (Å²) in [6, 6.07) is 10.9. The van der Waals surface area contributed by atoms with Crippen LogP contribution in [-0.4, -0.2) is 19.2 Å². The highest BCUT2D eigenvalue weighted by atomic mass is 32.2. The van der Waals surface area contributed by atoms with Crippen molar-refractivity contribution in [1.29, 1.82) is 0 Å². The molecule has 1 heterocycles. The van der Waals surface area contributed by atoms with E-state index in [-0.39, 0.29) is 16.3 Å². The Bertz CT molecular complexity index is 997. The zero-order chi connectivity index (χ0) is 18.2. The summed E-state index contributed by atoms with van der Waals surface area (Å²) in [7, 11) is -4.24. The van der Waals surface area contributed by atoms with E-state index in [1.165, 1.54) is 12.1 Å². The van der Waals surface area contributed by atoms with Crippen LogP contribution in [0.15, 0.2) is 65.2 Å². The second-order valence-corrected chi connectivity index (χ2v) is 7.11. The van der Waals surface area contributed by atoms with E-state index in [0.717, 1.165) is 24.3 Å². The third-order valence-corrected chi connectivity index (χ3v) is 5.31. The second kappa shape index (κ2) is 6.02. The number of sulfonamides is 1. The number of carbonyl (C=O) groups is 1. The van der Waals surface area contributed by atoms with Crippen LogP contribution in [0, 0.1) is 10.1 Å². The Morgan fingerprint density at radius 3 is 2.36 bits per heavy atom. The summed E-state index contributed by atoms with van der Waals surface area (Å²) in [5.41, 5.74) is 0.907. The van der Waals surface area contributed by atoms with Gasteiger partial charge in [0.25, 0.3) is 21.6 Å². The molecule has 1 amide bonds. The molecule has 128 valence electrons. The molecule has 0 radical (unpaired) electrons. The highest BCUT2D eigenvalue weighted by molar-refractivity contribution is 7.93. The number of amides is 1. The number of allylic oxidation sites excluding steroid dienone is 1. The molecule has 0 fully saturated rings. The zero-order valence-electron chi connectivity index (χ0n) is 13.0. The van der Waals surface area contributed by atoms with Crippen molar-refractivity contribution in [3.8, 4) is 0 Å². The van der Waals surface area contributed by atoms with E-state index in [9.17, 15) is 23.3 Å². The van der Waals surface area contributed by atoms with Gasteiger partial charge in [-0.25, -0.2) is 8.42 Å². The molecule has 0 unspecified atom stereocenters. The predicted octanol–water partition coefficient (Wildman–Crippen LogP) is 2.65. The maximum Gasteiger partial charge on any atom is 0.271 e. The van der Waals surface area contributed by atoms with E-state index in [2.05, 4.69) is 5.32 Å². The normalized spacial score (nSPS) is 14.2. The van der Waals surface area contributed by atoms with Gasteiger partial charge in [-0.1, -0.05) is 12.1 Å². The Kier molecular flexibility index (Phi) is 4.01. The Morgan fingerprint density at radius 1 is 1.08 bits per heavy atom. The largest absolute Gasteiger partial charge is 0.357 e. The van der Waals surface area contributed by atoms with E-state index in [1.807, 2.05) is 0 Å². The van der Waals surface area contributed by atoms with Crippen molar-refractivity contribution in [3.63, 3.8) is 0 Å². The van der Waals surface area contributed by atoms with E-state index in [4.69, 9.17) is 0 Å². The first kappa shape index (κ1) is 16.7. The van der Waals surface area contributed by atoms with Crippen LogP contribution in [-0.2, 0) is 14.8 Å². The molecule has 9 heteroatoms. The van der Waals surface area contributed by atoms with Crippen molar-refractivity contribution in [2.24, 2.45) is 0 Å². The molecule has 1 N–H and O–H groups in total. The molecule has 0 spiro atoms. The van der Waals surface area contributed by atoms with Crippen LogP contribution in [0.25, 0.3) is 0 Å². The van der Waals surface area contributed by atoms with Gasteiger partial charge < -0.3 is 5.32 Å². The molecule has 25 heavy (non-hydrogen) atoms. The number of hydrogen-bond donors (Lipinski definition) is 1. The van der Waals surface area contributed by atoms with E-state index in [1.54, 1.807) is 25.1 Å². The predicted molar refractivity (Wildman–Crippen MR) is 91.6 cm³/mol.